The second-order valence-electron chi connectivity index (χ2n) is 8.07. The summed E-state index contributed by atoms with van der Waals surface area (Å²) in [6.07, 6.45) is 7.08. The molecule has 2 aromatic rings. The summed E-state index contributed by atoms with van der Waals surface area (Å²) in [5.41, 5.74) is 1.24. The molecule has 1 unspecified atom stereocenters. The highest BCUT2D eigenvalue weighted by molar-refractivity contribution is 7.19. The number of Topliss-reactive ketones (excluding diaryl/α,β-unsaturated/α-hetero) is 1. The maximum absolute atomic E-state index is 11.7. The summed E-state index contributed by atoms with van der Waals surface area (Å²) >= 11 is 7.87. The highest BCUT2D eigenvalue weighted by Gasteiger charge is 2.32. The Morgan fingerprint density at radius 3 is 2.63 bits per heavy atom. The van der Waals surface area contributed by atoms with Crippen molar-refractivity contribution in [3.8, 4) is 5.88 Å². The molecule has 146 valence electrons. The van der Waals surface area contributed by atoms with Crippen molar-refractivity contribution in [3.05, 3.63) is 15.7 Å². The molecular weight excluding hydrogens is 382 g/mol. The lowest BCUT2D eigenvalue weighted by atomic mass is 9.92. The zero-order chi connectivity index (χ0) is 19.1. The van der Waals surface area contributed by atoms with Crippen molar-refractivity contribution in [1.82, 2.24) is 14.9 Å². The van der Waals surface area contributed by atoms with E-state index in [2.05, 4.69) is 29.0 Å². The molecule has 1 saturated carbocycles. The van der Waals surface area contributed by atoms with Crippen LogP contribution in [0.3, 0.4) is 0 Å². The van der Waals surface area contributed by atoms with E-state index >= 15 is 0 Å². The van der Waals surface area contributed by atoms with Gasteiger partial charge in [-0.15, -0.1) is 11.3 Å². The number of nitrogens with zero attached hydrogens (tertiary/aromatic N) is 3. The molecule has 2 heterocycles. The van der Waals surface area contributed by atoms with Crippen LogP contribution in [-0.4, -0.2) is 46.9 Å². The molecule has 1 fully saturated rings. The highest BCUT2D eigenvalue weighted by Crippen LogP contribution is 2.48. The molecule has 4 rings (SSSR count). The number of rotatable bonds is 5. The number of ketones is 1. The van der Waals surface area contributed by atoms with E-state index in [1.807, 2.05) is 0 Å². The van der Waals surface area contributed by atoms with Gasteiger partial charge in [0.05, 0.1) is 5.39 Å². The van der Waals surface area contributed by atoms with E-state index in [9.17, 15) is 4.79 Å². The number of carbonyl (C=O) groups excluding carboxylic acids is 1. The van der Waals surface area contributed by atoms with Gasteiger partial charge >= 0.3 is 0 Å². The van der Waals surface area contributed by atoms with Crippen LogP contribution in [0.4, 0.5) is 0 Å². The lowest BCUT2D eigenvalue weighted by Gasteiger charge is -2.32. The van der Waals surface area contributed by atoms with E-state index in [1.165, 1.54) is 10.4 Å². The second kappa shape index (κ2) is 7.64. The van der Waals surface area contributed by atoms with Gasteiger partial charge in [0.25, 0.3) is 0 Å². The zero-order valence-corrected chi connectivity index (χ0v) is 17.7. The van der Waals surface area contributed by atoms with Gasteiger partial charge in [0.15, 0.2) is 0 Å². The Labute approximate surface area is 169 Å². The number of aryl methyl sites for hydroxylation is 1. The molecule has 2 aromatic heterocycles. The van der Waals surface area contributed by atoms with Crippen molar-refractivity contribution in [2.75, 3.05) is 14.1 Å². The first-order valence-electron chi connectivity index (χ1n) is 9.73. The molecule has 0 aliphatic heterocycles. The molecular formula is C20H26ClN3O2S. The largest absolute Gasteiger partial charge is 0.474 e. The highest BCUT2D eigenvalue weighted by atomic mass is 35.5. The summed E-state index contributed by atoms with van der Waals surface area (Å²) in [6, 6.07) is 0.629. The van der Waals surface area contributed by atoms with E-state index in [4.69, 9.17) is 16.3 Å². The Bertz CT molecular complexity index is 859. The number of hydrogen-bond acceptors (Lipinski definition) is 6. The van der Waals surface area contributed by atoms with Crippen molar-refractivity contribution in [1.29, 1.82) is 0 Å². The van der Waals surface area contributed by atoms with Crippen LogP contribution in [0.25, 0.3) is 10.2 Å². The summed E-state index contributed by atoms with van der Waals surface area (Å²) in [5.74, 6) is 1.10. The van der Waals surface area contributed by atoms with Crippen LogP contribution in [0.5, 0.6) is 5.88 Å². The molecule has 0 bridgehead atoms. The lowest BCUT2D eigenvalue weighted by Crippen LogP contribution is -2.35. The van der Waals surface area contributed by atoms with Crippen molar-refractivity contribution in [2.45, 2.75) is 69.9 Å². The molecule has 5 nitrogen and oxygen atoms in total. The molecule has 2 aliphatic carbocycles. The van der Waals surface area contributed by atoms with Crippen LogP contribution < -0.4 is 4.74 Å². The number of hydrogen-bond donors (Lipinski definition) is 0. The fourth-order valence-corrected chi connectivity index (χ4v) is 6.03. The van der Waals surface area contributed by atoms with E-state index < -0.39 is 0 Å². The second-order valence-corrected chi connectivity index (χ2v) is 9.49. The minimum absolute atomic E-state index is 0.165. The van der Waals surface area contributed by atoms with Crippen molar-refractivity contribution >= 4 is 38.9 Å². The third-order valence-corrected chi connectivity index (χ3v) is 7.25. The normalized spacial score (nSPS) is 25.1. The summed E-state index contributed by atoms with van der Waals surface area (Å²) in [7, 11) is 4.28. The number of fused-ring (bicyclic) bond motifs is 3. The maximum Gasteiger partial charge on any atom is 0.227 e. The van der Waals surface area contributed by atoms with Crippen LogP contribution in [0, 0.1) is 0 Å². The Balaban J connectivity index is 1.64. The van der Waals surface area contributed by atoms with Gasteiger partial charge < -0.3 is 14.4 Å². The molecule has 1 atom stereocenters. The number of carbonyl (C=O) groups is 1. The average molecular weight is 408 g/mol. The first-order chi connectivity index (χ1) is 12.9. The van der Waals surface area contributed by atoms with Crippen molar-refractivity contribution < 1.29 is 9.53 Å². The zero-order valence-electron chi connectivity index (χ0n) is 16.1. The van der Waals surface area contributed by atoms with Crippen LogP contribution in [0.15, 0.2) is 0 Å². The van der Waals surface area contributed by atoms with Gasteiger partial charge in [0.2, 0.25) is 11.2 Å². The van der Waals surface area contributed by atoms with Crippen LogP contribution in [-0.2, 0) is 11.2 Å². The monoisotopic (exact) mass is 407 g/mol. The Morgan fingerprint density at radius 2 is 1.96 bits per heavy atom. The summed E-state index contributed by atoms with van der Waals surface area (Å²) in [6.45, 7) is 1.67. The van der Waals surface area contributed by atoms with E-state index in [0.29, 0.717) is 18.3 Å². The van der Waals surface area contributed by atoms with Crippen LogP contribution in [0.1, 0.15) is 61.8 Å². The number of halogens is 1. The van der Waals surface area contributed by atoms with Gasteiger partial charge in [0, 0.05) is 17.3 Å². The molecule has 2 aliphatic rings. The fourth-order valence-electron chi connectivity index (χ4n) is 4.55. The standard InChI is InChI=1S/C20H26ClN3O2S/c1-11(25)10-12-4-9-15-16(12)17-18(22-20(21)23-19(17)27-15)26-14-7-5-13(6-8-14)24(2)3/h12-14H,4-10H2,1-3H3/t12?,13-,14-. The molecule has 0 N–H and O–H groups in total. The van der Waals surface area contributed by atoms with Crippen molar-refractivity contribution in [2.24, 2.45) is 0 Å². The Morgan fingerprint density at radius 1 is 1.22 bits per heavy atom. The molecule has 0 aromatic carbocycles. The molecule has 0 spiro atoms. The number of ether oxygens (including phenoxy) is 1. The number of thiophene rings is 1. The third-order valence-electron chi connectivity index (χ3n) is 5.92. The van der Waals surface area contributed by atoms with Gasteiger partial charge in [-0.05, 0) is 82.6 Å². The van der Waals surface area contributed by atoms with Gasteiger partial charge in [-0.25, -0.2) is 4.98 Å². The van der Waals surface area contributed by atoms with Crippen molar-refractivity contribution in [3.63, 3.8) is 0 Å². The van der Waals surface area contributed by atoms with E-state index in [-0.39, 0.29) is 23.1 Å². The summed E-state index contributed by atoms with van der Waals surface area (Å²) in [4.78, 5) is 25.1. The van der Waals surface area contributed by atoms with E-state index in [0.717, 1.165) is 48.7 Å². The molecule has 7 heteroatoms. The van der Waals surface area contributed by atoms with Gasteiger partial charge in [-0.3, -0.25) is 0 Å². The maximum atomic E-state index is 11.7. The predicted octanol–water partition coefficient (Wildman–Crippen LogP) is 4.61. The molecule has 0 amide bonds. The Kier molecular flexibility index (Phi) is 5.41. The average Bonchev–Trinajstić information content (AvgIpc) is 3.14. The smallest absolute Gasteiger partial charge is 0.227 e. The molecule has 27 heavy (non-hydrogen) atoms. The third kappa shape index (κ3) is 3.84. The van der Waals surface area contributed by atoms with Crippen LogP contribution >= 0.6 is 22.9 Å². The molecule has 0 saturated heterocycles. The fraction of sp³-hybridized carbons (Fsp3) is 0.650. The number of aromatic nitrogens is 2. The Hall–Kier alpha value is -1.24. The molecule has 0 radical (unpaired) electrons. The minimum Gasteiger partial charge on any atom is -0.474 e. The van der Waals surface area contributed by atoms with Gasteiger partial charge in [-0.1, -0.05) is 0 Å². The van der Waals surface area contributed by atoms with E-state index in [1.54, 1.807) is 18.3 Å². The lowest BCUT2D eigenvalue weighted by molar-refractivity contribution is -0.117. The first-order valence-corrected chi connectivity index (χ1v) is 10.9. The van der Waals surface area contributed by atoms with Gasteiger partial charge in [-0.2, -0.15) is 4.98 Å². The van der Waals surface area contributed by atoms with Gasteiger partial charge in [0.1, 0.15) is 16.7 Å². The SMILES string of the molecule is CC(=O)CC1CCc2sc3nc(Cl)nc(O[C@H]4CC[C@H](N(C)C)CC4)c3c21. The first kappa shape index (κ1) is 19.1. The van der Waals surface area contributed by atoms with Crippen LogP contribution in [0.2, 0.25) is 5.28 Å². The summed E-state index contributed by atoms with van der Waals surface area (Å²) < 4.78 is 6.38. The topological polar surface area (TPSA) is 55.3 Å². The predicted molar refractivity (Wildman–Crippen MR) is 109 cm³/mol. The quantitative estimate of drug-likeness (QED) is 0.677. The summed E-state index contributed by atoms with van der Waals surface area (Å²) in [5, 5.41) is 1.24. The minimum atomic E-state index is 0.165.